The second-order valence-corrected chi connectivity index (χ2v) is 5.54. The summed E-state index contributed by atoms with van der Waals surface area (Å²) >= 11 is 6.16. The van der Waals surface area contributed by atoms with Crippen molar-refractivity contribution in [3.05, 3.63) is 59.6 Å². The molecule has 7 heteroatoms. The lowest BCUT2D eigenvalue weighted by Crippen LogP contribution is -2.07. The predicted molar refractivity (Wildman–Crippen MR) is 89.9 cm³/mol. The van der Waals surface area contributed by atoms with Crippen LogP contribution >= 0.6 is 11.6 Å². The highest BCUT2D eigenvalue weighted by Gasteiger charge is 2.15. The van der Waals surface area contributed by atoms with Gasteiger partial charge < -0.3 is 10.4 Å². The van der Waals surface area contributed by atoms with Crippen LogP contribution in [0.1, 0.15) is 6.92 Å². The number of phenolic OH excluding ortho intramolecular Hbond substituents is 1. The van der Waals surface area contributed by atoms with E-state index in [1.807, 2.05) is 0 Å². The Kier molecular flexibility index (Phi) is 4.22. The molecule has 3 rings (SSSR count). The van der Waals surface area contributed by atoms with Crippen molar-refractivity contribution in [2.24, 2.45) is 0 Å². The Balaban J connectivity index is 2.12. The van der Waals surface area contributed by atoms with Crippen LogP contribution in [0.3, 0.4) is 0 Å². The Morgan fingerprint density at radius 2 is 2.08 bits per heavy atom. The summed E-state index contributed by atoms with van der Waals surface area (Å²) in [6.45, 7) is 1.38. The van der Waals surface area contributed by atoms with Gasteiger partial charge in [0.25, 0.3) is 0 Å². The average molecular weight is 346 g/mol. The van der Waals surface area contributed by atoms with Crippen molar-refractivity contribution in [2.45, 2.75) is 6.92 Å². The summed E-state index contributed by atoms with van der Waals surface area (Å²) in [5, 5.41) is 12.4. The molecule has 0 spiro atoms. The third kappa shape index (κ3) is 3.09. The molecule has 0 aliphatic carbocycles. The topological polar surface area (TPSA) is 67.2 Å². The largest absolute Gasteiger partial charge is 0.508 e. The van der Waals surface area contributed by atoms with E-state index in [2.05, 4.69) is 10.3 Å². The van der Waals surface area contributed by atoms with E-state index >= 15 is 0 Å². The van der Waals surface area contributed by atoms with Crippen LogP contribution in [0.15, 0.2) is 48.8 Å². The van der Waals surface area contributed by atoms with E-state index in [4.69, 9.17) is 11.6 Å². The lowest BCUT2D eigenvalue weighted by atomic mass is 10.2. The summed E-state index contributed by atoms with van der Waals surface area (Å²) in [5.41, 5.74) is 1.23. The van der Waals surface area contributed by atoms with Gasteiger partial charge in [-0.2, -0.15) is 0 Å². The molecular formula is C17H13ClFN3O2. The summed E-state index contributed by atoms with van der Waals surface area (Å²) in [4.78, 5) is 15.4. The highest BCUT2D eigenvalue weighted by Crippen LogP contribution is 2.32. The zero-order chi connectivity index (χ0) is 17.3. The lowest BCUT2D eigenvalue weighted by Gasteiger charge is -2.12. The van der Waals surface area contributed by atoms with Crippen molar-refractivity contribution in [3.63, 3.8) is 0 Å². The number of hydrogen-bond acceptors (Lipinski definition) is 3. The van der Waals surface area contributed by atoms with E-state index < -0.39 is 5.82 Å². The molecule has 0 atom stereocenters. The van der Waals surface area contributed by atoms with Gasteiger partial charge in [0.2, 0.25) is 5.91 Å². The number of carbonyl (C=O) groups is 1. The van der Waals surface area contributed by atoms with Gasteiger partial charge in [-0.1, -0.05) is 11.6 Å². The second kappa shape index (κ2) is 6.33. The number of carbonyl (C=O) groups excluding carboxylic acids is 1. The zero-order valence-corrected chi connectivity index (χ0v) is 13.4. The number of rotatable bonds is 3. The van der Waals surface area contributed by atoms with E-state index in [9.17, 15) is 14.3 Å². The molecule has 0 bridgehead atoms. The molecule has 1 amide bonds. The standard InChI is InChI=1S/C17H13ClFN3O2/c1-10(23)21-11-2-5-15(19)16(8-11)22-7-6-20-17(22)13-4-3-12(24)9-14(13)18/h2-9,24H,1H3,(H,21,23). The third-order valence-corrected chi connectivity index (χ3v) is 3.67. The van der Waals surface area contributed by atoms with Gasteiger partial charge in [0, 0.05) is 30.6 Å². The number of nitrogens with zero attached hydrogens (tertiary/aromatic N) is 2. The molecule has 1 aromatic heterocycles. The first-order valence-corrected chi connectivity index (χ1v) is 7.43. The Bertz CT molecular complexity index is 924. The number of phenols is 1. The van der Waals surface area contributed by atoms with Gasteiger partial charge in [0.15, 0.2) is 0 Å². The molecule has 0 fully saturated rings. The van der Waals surface area contributed by atoms with Gasteiger partial charge in [-0.05, 0) is 36.4 Å². The number of amides is 1. The monoisotopic (exact) mass is 345 g/mol. The summed E-state index contributed by atoms with van der Waals surface area (Å²) in [7, 11) is 0. The SMILES string of the molecule is CC(=O)Nc1ccc(F)c(-n2ccnc2-c2ccc(O)cc2Cl)c1. The molecule has 5 nitrogen and oxygen atoms in total. The zero-order valence-electron chi connectivity index (χ0n) is 12.6. The van der Waals surface area contributed by atoms with Crippen LogP contribution in [0.5, 0.6) is 5.75 Å². The van der Waals surface area contributed by atoms with Crippen LogP contribution in [0.4, 0.5) is 10.1 Å². The quantitative estimate of drug-likeness (QED) is 0.754. The third-order valence-electron chi connectivity index (χ3n) is 3.36. The second-order valence-electron chi connectivity index (χ2n) is 5.13. The van der Waals surface area contributed by atoms with Gasteiger partial charge in [0.1, 0.15) is 17.4 Å². The minimum Gasteiger partial charge on any atom is -0.508 e. The fraction of sp³-hybridized carbons (Fsp3) is 0.0588. The van der Waals surface area contributed by atoms with Crippen LogP contribution in [-0.2, 0) is 4.79 Å². The van der Waals surface area contributed by atoms with Crippen LogP contribution in [0.2, 0.25) is 5.02 Å². The summed E-state index contributed by atoms with van der Waals surface area (Å²) in [6.07, 6.45) is 3.11. The highest BCUT2D eigenvalue weighted by atomic mass is 35.5. The number of aromatic nitrogens is 2. The molecule has 3 aromatic rings. The Hall–Kier alpha value is -2.86. The van der Waals surface area contributed by atoms with E-state index in [1.54, 1.807) is 12.3 Å². The maximum absolute atomic E-state index is 14.3. The lowest BCUT2D eigenvalue weighted by molar-refractivity contribution is -0.114. The first kappa shape index (κ1) is 16.0. The van der Waals surface area contributed by atoms with Crippen LogP contribution < -0.4 is 5.32 Å². The first-order valence-electron chi connectivity index (χ1n) is 7.05. The smallest absolute Gasteiger partial charge is 0.221 e. The summed E-state index contributed by atoms with van der Waals surface area (Å²) in [5.74, 6) is -0.280. The number of anilines is 1. The van der Waals surface area contributed by atoms with Gasteiger partial charge in [-0.25, -0.2) is 9.37 Å². The number of hydrogen-bond donors (Lipinski definition) is 2. The molecule has 0 radical (unpaired) electrons. The molecule has 2 aromatic carbocycles. The highest BCUT2D eigenvalue weighted by molar-refractivity contribution is 6.33. The molecule has 0 aliphatic rings. The van der Waals surface area contributed by atoms with E-state index in [0.717, 1.165) is 0 Å². The minimum atomic E-state index is -0.474. The Morgan fingerprint density at radius 1 is 1.29 bits per heavy atom. The molecular weight excluding hydrogens is 333 g/mol. The summed E-state index contributed by atoms with van der Waals surface area (Å²) in [6, 6.07) is 8.72. The van der Waals surface area contributed by atoms with Crippen molar-refractivity contribution >= 4 is 23.2 Å². The minimum absolute atomic E-state index is 0.0284. The number of nitrogens with one attached hydrogen (secondary N) is 1. The molecule has 122 valence electrons. The van der Waals surface area contributed by atoms with E-state index in [1.165, 1.54) is 48.0 Å². The number of imidazole rings is 1. The predicted octanol–water partition coefficient (Wildman–Crippen LogP) is 4.00. The first-order chi connectivity index (χ1) is 11.5. The van der Waals surface area contributed by atoms with E-state index in [-0.39, 0.29) is 17.3 Å². The number of aromatic hydroxyl groups is 1. The molecule has 0 saturated carbocycles. The summed E-state index contributed by atoms with van der Waals surface area (Å²) < 4.78 is 15.8. The molecule has 0 unspecified atom stereocenters. The molecule has 1 heterocycles. The van der Waals surface area contributed by atoms with Crippen molar-refractivity contribution < 1.29 is 14.3 Å². The number of benzene rings is 2. The van der Waals surface area contributed by atoms with Crippen molar-refractivity contribution in [2.75, 3.05) is 5.32 Å². The maximum Gasteiger partial charge on any atom is 0.221 e. The maximum atomic E-state index is 14.3. The van der Waals surface area contributed by atoms with Gasteiger partial charge in [-0.15, -0.1) is 0 Å². The molecule has 0 aliphatic heterocycles. The van der Waals surface area contributed by atoms with Crippen molar-refractivity contribution in [1.29, 1.82) is 0 Å². The fourth-order valence-electron chi connectivity index (χ4n) is 2.36. The molecule has 24 heavy (non-hydrogen) atoms. The average Bonchev–Trinajstić information content (AvgIpc) is 2.97. The normalized spacial score (nSPS) is 10.6. The molecule has 0 saturated heterocycles. The van der Waals surface area contributed by atoms with Crippen molar-refractivity contribution in [3.8, 4) is 22.8 Å². The van der Waals surface area contributed by atoms with Gasteiger partial charge in [0.05, 0.1) is 10.7 Å². The molecule has 2 N–H and O–H groups in total. The van der Waals surface area contributed by atoms with Gasteiger partial charge >= 0.3 is 0 Å². The number of halogens is 2. The Labute approximate surface area is 142 Å². The van der Waals surface area contributed by atoms with Crippen molar-refractivity contribution in [1.82, 2.24) is 9.55 Å². The van der Waals surface area contributed by atoms with Gasteiger partial charge in [-0.3, -0.25) is 9.36 Å². The van der Waals surface area contributed by atoms with Crippen LogP contribution in [0, 0.1) is 5.82 Å². The van der Waals surface area contributed by atoms with Crippen LogP contribution in [-0.4, -0.2) is 20.6 Å². The van der Waals surface area contributed by atoms with E-state index in [0.29, 0.717) is 22.1 Å². The Morgan fingerprint density at radius 3 is 2.79 bits per heavy atom. The fourth-order valence-corrected chi connectivity index (χ4v) is 2.62. The van der Waals surface area contributed by atoms with Crippen LogP contribution in [0.25, 0.3) is 17.1 Å².